The minimum absolute atomic E-state index is 0. The molecule has 0 spiro atoms. The molecule has 0 saturated carbocycles. The molecule has 0 aromatic heterocycles. The average Bonchev–Trinajstić information content (AvgIpc) is 2.88. The highest BCUT2D eigenvalue weighted by Gasteiger charge is 2.30. The van der Waals surface area contributed by atoms with Crippen LogP contribution in [0.4, 0.5) is 26.3 Å². The standard InChI is InChI=1S/C14H15F3O2.C7H4ClF3.C7H12O2.CH4/c1-2-3-10-19-13(18)9-6-11-4-7-12(8-5-11)14(15,16)17;8-6-3-1-5(2-4-6)7(9,10)11;1-3-5-6-9-7(8)4-2;/h4-9H,2-3,10H2,1H3;1-4H;4H,2-3,5-6H2,1H3;1H4/b9-6+;;;. The monoisotopic (exact) mass is 596 g/mol. The fraction of sp³-hybridized carbons (Fsp3) is 0.379. The molecule has 0 atom stereocenters. The second kappa shape index (κ2) is 20.6. The molecule has 0 radical (unpaired) electrons. The fourth-order valence-corrected chi connectivity index (χ4v) is 2.45. The maximum absolute atomic E-state index is 12.3. The lowest BCUT2D eigenvalue weighted by Gasteiger charge is -2.05. The van der Waals surface area contributed by atoms with Crippen molar-refractivity contribution in [2.45, 2.75) is 59.3 Å². The Bertz CT molecular complexity index is 1010. The summed E-state index contributed by atoms with van der Waals surface area (Å²) >= 11 is 5.39. The van der Waals surface area contributed by atoms with Gasteiger partial charge in [0.2, 0.25) is 0 Å². The summed E-state index contributed by atoms with van der Waals surface area (Å²) in [5, 5.41) is 0.304. The Labute approximate surface area is 236 Å². The van der Waals surface area contributed by atoms with Crippen LogP contribution in [-0.4, -0.2) is 25.2 Å². The van der Waals surface area contributed by atoms with Crippen molar-refractivity contribution in [3.8, 4) is 0 Å². The number of ether oxygens (including phenoxy) is 2. The zero-order valence-corrected chi connectivity index (χ0v) is 22.3. The van der Waals surface area contributed by atoms with Gasteiger partial charge in [-0.05, 0) is 60.9 Å². The van der Waals surface area contributed by atoms with Gasteiger partial charge in [0.05, 0.1) is 24.3 Å². The van der Waals surface area contributed by atoms with Crippen molar-refractivity contribution in [1.29, 1.82) is 0 Å². The summed E-state index contributed by atoms with van der Waals surface area (Å²) in [6, 6.07) is 8.88. The predicted octanol–water partition coefficient (Wildman–Crippen LogP) is 9.57. The van der Waals surface area contributed by atoms with Crippen molar-refractivity contribution in [2.75, 3.05) is 13.2 Å². The second-order valence-electron chi connectivity index (χ2n) is 7.70. The summed E-state index contributed by atoms with van der Waals surface area (Å²) in [6.07, 6.45) is -1.12. The normalized spacial score (nSPS) is 10.7. The van der Waals surface area contributed by atoms with Gasteiger partial charge in [0, 0.05) is 17.2 Å². The van der Waals surface area contributed by atoms with Crippen LogP contribution in [0.1, 0.15) is 63.6 Å². The Morgan fingerprint density at radius 3 is 1.55 bits per heavy atom. The van der Waals surface area contributed by atoms with E-state index in [4.69, 9.17) is 16.3 Å². The number of benzene rings is 2. The topological polar surface area (TPSA) is 52.6 Å². The van der Waals surface area contributed by atoms with Crippen LogP contribution in [0.3, 0.4) is 0 Å². The molecule has 0 fully saturated rings. The molecule has 0 bridgehead atoms. The summed E-state index contributed by atoms with van der Waals surface area (Å²) in [7, 11) is 0. The number of hydrogen-bond donors (Lipinski definition) is 0. The first-order chi connectivity index (χ1) is 18.2. The molecule has 4 nitrogen and oxygen atoms in total. The zero-order chi connectivity index (χ0) is 29.9. The summed E-state index contributed by atoms with van der Waals surface area (Å²) in [4.78, 5) is 21.6. The van der Waals surface area contributed by atoms with Crippen LogP contribution < -0.4 is 0 Å². The first kappa shape index (κ1) is 38.9. The molecule has 40 heavy (non-hydrogen) atoms. The van der Waals surface area contributed by atoms with Crippen molar-refractivity contribution < 1.29 is 45.4 Å². The first-order valence-corrected chi connectivity index (χ1v) is 12.3. The minimum Gasteiger partial charge on any atom is -0.463 e. The third kappa shape index (κ3) is 18.9. The van der Waals surface area contributed by atoms with Gasteiger partial charge in [0.15, 0.2) is 0 Å². The summed E-state index contributed by atoms with van der Waals surface area (Å²) in [5.41, 5.74) is -0.877. The molecule has 0 amide bonds. The number of halogens is 7. The maximum Gasteiger partial charge on any atom is 0.416 e. The Hall–Kier alpha value is -3.27. The number of hydrogen-bond acceptors (Lipinski definition) is 4. The molecule has 2 aromatic rings. The molecule has 2 rings (SSSR count). The number of carbonyl (C=O) groups excluding carboxylic acids is 2. The Balaban J connectivity index is 0. The van der Waals surface area contributed by atoms with Gasteiger partial charge in [-0.1, -0.05) is 64.4 Å². The summed E-state index contributed by atoms with van der Waals surface area (Å²) in [6.45, 7) is 8.16. The average molecular weight is 597 g/mol. The van der Waals surface area contributed by atoms with E-state index in [1.807, 2.05) is 13.8 Å². The highest BCUT2D eigenvalue weighted by molar-refractivity contribution is 6.30. The van der Waals surface area contributed by atoms with E-state index in [2.05, 4.69) is 11.3 Å². The van der Waals surface area contributed by atoms with Crippen LogP contribution in [0.2, 0.25) is 5.02 Å². The molecular weight excluding hydrogens is 562 g/mol. The van der Waals surface area contributed by atoms with E-state index in [0.717, 1.165) is 49.9 Å². The molecule has 224 valence electrons. The number of rotatable bonds is 9. The molecular formula is C29H35ClF6O4. The van der Waals surface area contributed by atoms with Gasteiger partial charge in [-0.15, -0.1) is 0 Å². The third-order valence-corrected chi connectivity index (χ3v) is 4.72. The Morgan fingerprint density at radius 2 is 1.18 bits per heavy atom. The van der Waals surface area contributed by atoms with Crippen LogP contribution in [0.5, 0.6) is 0 Å². The minimum atomic E-state index is -4.35. The van der Waals surface area contributed by atoms with E-state index in [9.17, 15) is 35.9 Å². The van der Waals surface area contributed by atoms with Gasteiger partial charge in [0.25, 0.3) is 0 Å². The molecule has 0 N–H and O–H groups in total. The molecule has 2 aromatic carbocycles. The van der Waals surface area contributed by atoms with Gasteiger partial charge < -0.3 is 9.47 Å². The molecule has 11 heteroatoms. The quantitative estimate of drug-likeness (QED) is 0.125. The molecule has 0 heterocycles. The van der Waals surface area contributed by atoms with E-state index in [0.29, 0.717) is 23.8 Å². The predicted molar refractivity (Wildman–Crippen MR) is 146 cm³/mol. The van der Waals surface area contributed by atoms with E-state index < -0.39 is 29.4 Å². The van der Waals surface area contributed by atoms with E-state index in [-0.39, 0.29) is 13.4 Å². The molecule has 0 aliphatic heterocycles. The summed E-state index contributed by atoms with van der Waals surface area (Å²) < 4.78 is 82.1. The second-order valence-corrected chi connectivity index (χ2v) is 8.14. The van der Waals surface area contributed by atoms with E-state index in [1.54, 1.807) is 0 Å². The van der Waals surface area contributed by atoms with Crippen molar-refractivity contribution in [1.82, 2.24) is 0 Å². The molecule has 0 aliphatic rings. The summed E-state index contributed by atoms with van der Waals surface area (Å²) in [5.74, 6) is -0.822. The van der Waals surface area contributed by atoms with Gasteiger partial charge in [-0.2, -0.15) is 26.3 Å². The van der Waals surface area contributed by atoms with E-state index in [1.165, 1.54) is 42.5 Å². The van der Waals surface area contributed by atoms with Gasteiger partial charge in [0.1, 0.15) is 0 Å². The highest BCUT2D eigenvalue weighted by atomic mass is 35.5. The van der Waals surface area contributed by atoms with Crippen LogP contribution in [0.25, 0.3) is 6.08 Å². The first-order valence-electron chi connectivity index (χ1n) is 11.9. The van der Waals surface area contributed by atoms with Crippen molar-refractivity contribution >= 4 is 29.6 Å². The largest absolute Gasteiger partial charge is 0.463 e. The maximum atomic E-state index is 12.3. The Morgan fingerprint density at radius 1 is 0.775 bits per heavy atom. The molecule has 0 saturated heterocycles. The number of unbranched alkanes of at least 4 members (excludes halogenated alkanes) is 2. The van der Waals surface area contributed by atoms with E-state index >= 15 is 0 Å². The van der Waals surface area contributed by atoms with Crippen LogP contribution in [0.15, 0.2) is 67.3 Å². The highest BCUT2D eigenvalue weighted by Crippen LogP contribution is 2.30. The lowest BCUT2D eigenvalue weighted by molar-refractivity contribution is -0.138. The SMILES string of the molecule is C.C=CC(=O)OCCCC.CCCCOC(=O)/C=C/c1ccc(C(F)(F)F)cc1.FC(F)(F)c1ccc(Cl)cc1. The van der Waals surface area contributed by atoms with Gasteiger partial charge in [-0.3, -0.25) is 0 Å². The third-order valence-electron chi connectivity index (χ3n) is 4.47. The smallest absolute Gasteiger partial charge is 0.416 e. The molecule has 0 unspecified atom stereocenters. The number of carbonyl (C=O) groups is 2. The number of alkyl halides is 6. The van der Waals surface area contributed by atoms with Crippen molar-refractivity contribution in [3.05, 3.63) is 89.0 Å². The van der Waals surface area contributed by atoms with Gasteiger partial charge >= 0.3 is 24.3 Å². The lowest BCUT2D eigenvalue weighted by Crippen LogP contribution is -2.04. The number of esters is 2. The molecule has 0 aliphatic carbocycles. The van der Waals surface area contributed by atoms with Crippen molar-refractivity contribution in [2.24, 2.45) is 0 Å². The van der Waals surface area contributed by atoms with Crippen LogP contribution in [-0.2, 0) is 31.4 Å². The Kier molecular flexibility index (Phi) is 20.0. The fourth-order valence-electron chi connectivity index (χ4n) is 2.33. The van der Waals surface area contributed by atoms with Gasteiger partial charge in [-0.25, -0.2) is 9.59 Å². The van der Waals surface area contributed by atoms with Crippen LogP contribution >= 0.6 is 11.6 Å². The zero-order valence-electron chi connectivity index (χ0n) is 21.6. The lowest BCUT2D eigenvalue weighted by atomic mass is 10.1. The van der Waals surface area contributed by atoms with Crippen LogP contribution in [0, 0.1) is 0 Å². The van der Waals surface area contributed by atoms with Crippen molar-refractivity contribution in [3.63, 3.8) is 0 Å².